The summed E-state index contributed by atoms with van der Waals surface area (Å²) in [5.41, 5.74) is 12.8. The highest BCUT2D eigenvalue weighted by Gasteiger charge is 2.24. The summed E-state index contributed by atoms with van der Waals surface area (Å²) in [7, 11) is 1.25. The van der Waals surface area contributed by atoms with Crippen molar-refractivity contribution in [3.8, 4) is 0 Å². The van der Waals surface area contributed by atoms with Crippen LogP contribution < -0.4 is 11.5 Å². The van der Waals surface area contributed by atoms with E-state index in [4.69, 9.17) is 16.3 Å². The van der Waals surface area contributed by atoms with Gasteiger partial charge < -0.3 is 11.5 Å². The van der Waals surface area contributed by atoms with Crippen LogP contribution in [0.25, 0.3) is 0 Å². The summed E-state index contributed by atoms with van der Waals surface area (Å²) in [6.45, 7) is 0. The molecule has 0 atom stereocenters. The van der Waals surface area contributed by atoms with Crippen molar-refractivity contribution in [2.45, 2.75) is 0 Å². The zero-order chi connectivity index (χ0) is 15.4. The maximum Gasteiger partial charge on any atom is 0.285 e. The Morgan fingerprint density at radius 3 is 1.43 bits per heavy atom. The van der Waals surface area contributed by atoms with Crippen molar-refractivity contribution in [1.29, 1.82) is 0 Å². The Bertz CT molecular complexity index is 593. The first-order valence-corrected chi connectivity index (χ1v) is 6.17. The van der Waals surface area contributed by atoms with E-state index in [0.29, 0.717) is 27.6 Å². The molecule has 0 fully saturated rings. The number of anilines is 2. The summed E-state index contributed by atoms with van der Waals surface area (Å²) in [5.74, 6) is -1.14. The van der Waals surface area contributed by atoms with Gasteiger partial charge >= 0.3 is 0 Å². The Kier molecular flexibility index (Phi) is 4.20. The summed E-state index contributed by atoms with van der Waals surface area (Å²) in [4.78, 5) is 29.5. The Morgan fingerprint density at radius 1 is 0.810 bits per heavy atom. The van der Waals surface area contributed by atoms with Crippen molar-refractivity contribution >= 4 is 23.2 Å². The number of hydrogen-bond donors (Lipinski definition) is 2. The van der Waals surface area contributed by atoms with Gasteiger partial charge in [0.15, 0.2) is 0 Å². The van der Waals surface area contributed by atoms with Crippen LogP contribution in [0, 0.1) is 0 Å². The molecule has 0 aromatic heterocycles. The number of nitrogen functional groups attached to an aromatic ring is 2. The number of benzene rings is 2. The first kappa shape index (κ1) is 14.5. The zero-order valence-corrected chi connectivity index (χ0v) is 11.4. The lowest BCUT2D eigenvalue weighted by Crippen LogP contribution is -2.36. The third-order valence-electron chi connectivity index (χ3n) is 2.87. The number of hydroxylamine groups is 2. The van der Waals surface area contributed by atoms with Gasteiger partial charge in [0.25, 0.3) is 11.8 Å². The van der Waals surface area contributed by atoms with Gasteiger partial charge in [-0.2, -0.15) is 0 Å². The lowest BCUT2D eigenvalue weighted by molar-refractivity contribution is -0.0684. The van der Waals surface area contributed by atoms with E-state index in [1.165, 1.54) is 31.4 Å². The van der Waals surface area contributed by atoms with Crippen LogP contribution >= 0.6 is 0 Å². The molecule has 0 spiro atoms. The average Bonchev–Trinajstić information content (AvgIpc) is 2.49. The highest BCUT2D eigenvalue weighted by molar-refractivity contribution is 6.09. The van der Waals surface area contributed by atoms with E-state index in [2.05, 4.69) is 0 Å². The van der Waals surface area contributed by atoms with Crippen LogP contribution in [0.5, 0.6) is 0 Å². The first-order valence-electron chi connectivity index (χ1n) is 6.17. The highest BCUT2D eigenvalue weighted by atomic mass is 16.7. The van der Waals surface area contributed by atoms with Gasteiger partial charge in [-0.15, -0.1) is 5.06 Å². The fourth-order valence-electron chi connectivity index (χ4n) is 1.74. The molecule has 0 saturated heterocycles. The molecule has 2 aromatic carbocycles. The van der Waals surface area contributed by atoms with Crippen molar-refractivity contribution in [3.05, 3.63) is 59.7 Å². The zero-order valence-electron chi connectivity index (χ0n) is 11.4. The molecule has 108 valence electrons. The molecule has 2 rings (SSSR count). The molecule has 0 aliphatic heterocycles. The van der Waals surface area contributed by atoms with Gasteiger partial charge in [0.2, 0.25) is 0 Å². The maximum absolute atomic E-state index is 12.3. The predicted molar refractivity (Wildman–Crippen MR) is 79.2 cm³/mol. The minimum atomic E-state index is -0.570. The largest absolute Gasteiger partial charge is 0.399 e. The Labute approximate surface area is 121 Å². The van der Waals surface area contributed by atoms with Crippen molar-refractivity contribution in [2.75, 3.05) is 18.6 Å². The van der Waals surface area contributed by atoms with Crippen molar-refractivity contribution in [3.63, 3.8) is 0 Å². The molecule has 6 nitrogen and oxygen atoms in total. The van der Waals surface area contributed by atoms with E-state index < -0.39 is 11.8 Å². The number of carbonyl (C=O) groups is 2. The fraction of sp³-hybridized carbons (Fsp3) is 0.0667. The summed E-state index contributed by atoms with van der Waals surface area (Å²) < 4.78 is 0. The van der Waals surface area contributed by atoms with Crippen molar-refractivity contribution in [2.24, 2.45) is 0 Å². The monoisotopic (exact) mass is 285 g/mol. The smallest absolute Gasteiger partial charge is 0.285 e. The Balaban J connectivity index is 2.26. The topological polar surface area (TPSA) is 98.6 Å². The van der Waals surface area contributed by atoms with Crippen LogP contribution in [0.4, 0.5) is 11.4 Å². The minimum Gasteiger partial charge on any atom is -0.399 e. The minimum absolute atomic E-state index is 0.301. The van der Waals surface area contributed by atoms with Gasteiger partial charge in [-0.25, -0.2) is 0 Å². The van der Waals surface area contributed by atoms with E-state index in [1.807, 2.05) is 0 Å². The van der Waals surface area contributed by atoms with Gasteiger partial charge in [0.1, 0.15) is 0 Å². The third kappa shape index (κ3) is 3.18. The van der Waals surface area contributed by atoms with E-state index in [1.54, 1.807) is 24.3 Å². The van der Waals surface area contributed by atoms with Gasteiger partial charge in [-0.1, -0.05) is 0 Å². The van der Waals surface area contributed by atoms with Gasteiger partial charge in [-0.05, 0) is 48.5 Å². The van der Waals surface area contributed by atoms with E-state index in [-0.39, 0.29) is 0 Å². The van der Waals surface area contributed by atoms with Crippen LogP contribution in [-0.2, 0) is 4.84 Å². The van der Waals surface area contributed by atoms with Gasteiger partial charge in [0, 0.05) is 22.5 Å². The summed E-state index contributed by atoms with van der Waals surface area (Å²) in [6.07, 6.45) is 0. The lowest BCUT2D eigenvalue weighted by atomic mass is 10.1. The number of hydrogen-bond acceptors (Lipinski definition) is 5. The molecule has 0 heterocycles. The number of nitrogens with two attached hydrogens (primary N) is 2. The quantitative estimate of drug-likeness (QED) is 0.508. The number of imide groups is 1. The average molecular weight is 285 g/mol. The van der Waals surface area contributed by atoms with Crippen molar-refractivity contribution in [1.82, 2.24) is 5.06 Å². The molecule has 0 unspecified atom stereocenters. The summed E-state index contributed by atoms with van der Waals surface area (Å²) in [6, 6.07) is 12.4. The second-order valence-corrected chi connectivity index (χ2v) is 4.33. The molecule has 2 aromatic rings. The molecule has 0 aliphatic carbocycles. The predicted octanol–water partition coefficient (Wildman–Crippen LogP) is 1.70. The number of amides is 2. The molecule has 4 N–H and O–H groups in total. The molecule has 6 heteroatoms. The van der Waals surface area contributed by atoms with Crippen LogP contribution in [-0.4, -0.2) is 24.0 Å². The highest BCUT2D eigenvalue weighted by Crippen LogP contribution is 2.13. The van der Waals surface area contributed by atoms with Gasteiger partial charge in [-0.3, -0.25) is 14.4 Å². The normalized spacial score (nSPS) is 10.1. The first-order chi connectivity index (χ1) is 10.0. The third-order valence-corrected chi connectivity index (χ3v) is 2.87. The standard InChI is InChI=1S/C15H15N3O3/c1-21-18(14(19)10-2-6-12(16)7-3-10)15(20)11-4-8-13(17)9-5-11/h2-9H,16-17H2,1H3. The van der Waals surface area contributed by atoms with Crippen LogP contribution in [0.3, 0.4) is 0 Å². The molecular formula is C15H15N3O3. The molecule has 0 aliphatic rings. The van der Waals surface area contributed by atoms with E-state index >= 15 is 0 Å². The molecule has 2 amide bonds. The fourth-order valence-corrected chi connectivity index (χ4v) is 1.74. The number of rotatable bonds is 3. The Morgan fingerprint density at radius 2 is 1.14 bits per heavy atom. The summed E-state index contributed by atoms with van der Waals surface area (Å²) in [5, 5.41) is 0.692. The number of nitrogens with zero attached hydrogens (tertiary/aromatic N) is 1. The maximum atomic E-state index is 12.3. The second kappa shape index (κ2) is 6.06. The van der Waals surface area contributed by atoms with E-state index in [0.717, 1.165) is 0 Å². The summed E-state index contributed by atoms with van der Waals surface area (Å²) >= 11 is 0. The van der Waals surface area contributed by atoms with Crippen LogP contribution in [0.15, 0.2) is 48.5 Å². The van der Waals surface area contributed by atoms with E-state index in [9.17, 15) is 9.59 Å². The molecular weight excluding hydrogens is 270 g/mol. The Hall–Kier alpha value is -2.86. The molecule has 0 bridgehead atoms. The SMILES string of the molecule is CON(C(=O)c1ccc(N)cc1)C(=O)c1ccc(N)cc1. The second-order valence-electron chi connectivity index (χ2n) is 4.33. The van der Waals surface area contributed by atoms with Gasteiger partial charge in [0.05, 0.1) is 7.11 Å². The van der Waals surface area contributed by atoms with Crippen LogP contribution in [0.1, 0.15) is 20.7 Å². The molecule has 0 radical (unpaired) electrons. The lowest BCUT2D eigenvalue weighted by Gasteiger charge is -2.17. The van der Waals surface area contributed by atoms with Crippen molar-refractivity contribution < 1.29 is 14.4 Å². The van der Waals surface area contributed by atoms with Crippen LogP contribution in [0.2, 0.25) is 0 Å². The molecule has 0 saturated carbocycles. The molecule has 21 heavy (non-hydrogen) atoms. The number of carbonyl (C=O) groups excluding carboxylic acids is 2.